The van der Waals surface area contributed by atoms with E-state index in [0.29, 0.717) is 24.5 Å². The number of hydrogen-bond acceptors (Lipinski definition) is 3. The van der Waals surface area contributed by atoms with Crippen molar-refractivity contribution in [1.82, 2.24) is 0 Å². The van der Waals surface area contributed by atoms with Crippen molar-refractivity contribution in [3.63, 3.8) is 0 Å². The average Bonchev–Trinajstić information content (AvgIpc) is 2.90. The summed E-state index contributed by atoms with van der Waals surface area (Å²) in [6.07, 6.45) is 28.9. The van der Waals surface area contributed by atoms with Crippen molar-refractivity contribution in [2.75, 3.05) is 13.2 Å². The summed E-state index contributed by atoms with van der Waals surface area (Å²) >= 11 is 0. The van der Waals surface area contributed by atoms with Crippen molar-refractivity contribution < 1.29 is 14.3 Å². The van der Waals surface area contributed by atoms with Gasteiger partial charge in [0.05, 0.1) is 13.2 Å². The molecule has 0 radical (unpaired) electrons. The molecule has 208 valence electrons. The molecule has 1 aromatic carbocycles. The van der Waals surface area contributed by atoms with Crippen molar-refractivity contribution in [2.45, 2.75) is 155 Å². The monoisotopic (exact) mass is 502 g/mol. The number of ether oxygens (including phenoxy) is 2. The molecule has 0 spiro atoms. The number of para-hydroxylation sites is 1. The number of hydrogen-bond donors (Lipinski definition) is 0. The van der Waals surface area contributed by atoms with E-state index in [1.807, 2.05) is 24.3 Å². The molecule has 0 saturated carbocycles. The third-order valence-corrected chi connectivity index (χ3v) is 7.09. The highest BCUT2D eigenvalue weighted by Gasteiger charge is 2.13. The predicted octanol–water partition coefficient (Wildman–Crippen LogP) is 10.8. The van der Waals surface area contributed by atoms with Crippen LogP contribution in [0.1, 0.15) is 165 Å². The van der Waals surface area contributed by atoms with Crippen LogP contribution in [0.3, 0.4) is 0 Å². The minimum Gasteiger partial charge on any atom is -0.493 e. The molecule has 1 aromatic rings. The van der Waals surface area contributed by atoms with Gasteiger partial charge in [0.2, 0.25) is 0 Å². The smallest absolute Gasteiger partial charge is 0.341 e. The standard InChI is InChI=1S/C33H58O3/c1-3-5-7-9-11-12-13-14-15-16-17-18-19-20-22-25-29-35-32-28-24-23-27-31(32)33(34)36-30-26-21-10-8-6-4-2/h23-24,27-28H,3-22,25-26,29-30H2,1-2H3. The van der Waals surface area contributed by atoms with Crippen molar-refractivity contribution in [3.05, 3.63) is 29.8 Å². The minimum atomic E-state index is -0.258. The highest BCUT2D eigenvalue weighted by atomic mass is 16.5. The zero-order chi connectivity index (χ0) is 25.9. The molecule has 0 aliphatic rings. The molecule has 0 aliphatic heterocycles. The minimum absolute atomic E-state index is 0.258. The molecule has 0 fully saturated rings. The number of carbonyl (C=O) groups is 1. The number of benzene rings is 1. The summed E-state index contributed by atoms with van der Waals surface area (Å²) in [5, 5.41) is 0. The Labute approximate surface area is 224 Å². The summed E-state index contributed by atoms with van der Waals surface area (Å²) in [7, 11) is 0. The van der Waals surface area contributed by atoms with E-state index in [1.165, 1.54) is 122 Å². The summed E-state index contributed by atoms with van der Waals surface area (Å²) in [4.78, 5) is 12.5. The lowest BCUT2D eigenvalue weighted by molar-refractivity contribution is 0.0493. The molecule has 0 aliphatic carbocycles. The van der Waals surface area contributed by atoms with Gasteiger partial charge in [0, 0.05) is 0 Å². The largest absolute Gasteiger partial charge is 0.493 e. The molecule has 0 aromatic heterocycles. The fraction of sp³-hybridized carbons (Fsp3) is 0.788. The Morgan fingerprint density at radius 2 is 0.917 bits per heavy atom. The van der Waals surface area contributed by atoms with Crippen molar-refractivity contribution in [1.29, 1.82) is 0 Å². The SMILES string of the molecule is CCCCCCCCCCCCCCCCCCOc1ccccc1C(=O)OCCCCCCCC. The Morgan fingerprint density at radius 1 is 0.528 bits per heavy atom. The van der Waals surface area contributed by atoms with Crippen LogP contribution in [0, 0.1) is 0 Å². The first-order valence-corrected chi connectivity index (χ1v) is 15.7. The van der Waals surface area contributed by atoms with E-state index in [9.17, 15) is 4.79 Å². The molecule has 36 heavy (non-hydrogen) atoms. The van der Waals surface area contributed by atoms with Gasteiger partial charge < -0.3 is 9.47 Å². The second-order valence-corrected chi connectivity index (χ2v) is 10.6. The van der Waals surface area contributed by atoms with E-state index in [-0.39, 0.29) is 5.97 Å². The number of carbonyl (C=O) groups excluding carboxylic acids is 1. The Balaban J connectivity index is 1.98. The zero-order valence-electron chi connectivity index (χ0n) is 24.0. The maximum atomic E-state index is 12.5. The first kappa shape index (κ1) is 32.5. The lowest BCUT2D eigenvalue weighted by atomic mass is 10.0. The Morgan fingerprint density at radius 3 is 1.39 bits per heavy atom. The molecule has 0 atom stereocenters. The van der Waals surface area contributed by atoms with E-state index in [0.717, 1.165) is 19.3 Å². The summed E-state index contributed by atoms with van der Waals surface area (Å²) < 4.78 is 11.4. The van der Waals surface area contributed by atoms with Gasteiger partial charge in [-0.05, 0) is 25.0 Å². The van der Waals surface area contributed by atoms with Crippen molar-refractivity contribution in [3.8, 4) is 5.75 Å². The number of unbranched alkanes of at least 4 members (excludes halogenated alkanes) is 20. The van der Waals surface area contributed by atoms with Gasteiger partial charge in [-0.1, -0.05) is 154 Å². The fourth-order valence-electron chi connectivity index (χ4n) is 4.72. The van der Waals surface area contributed by atoms with Gasteiger partial charge in [0.1, 0.15) is 11.3 Å². The van der Waals surface area contributed by atoms with Gasteiger partial charge in [-0.25, -0.2) is 4.79 Å². The first-order chi connectivity index (χ1) is 17.8. The van der Waals surface area contributed by atoms with Crippen LogP contribution in [0.5, 0.6) is 5.75 Å². The number of esters is 1. The molecular weight excluding hydrogens is 444 g/mol. The van der Waals surface area contributed by atoms with Gasteiger partial charge in [0.15, 0.2) is 0 Å². The van der Waals surface area contributed by atoms with Crippen molar-refractivity contribution >= 4 is 5.97 Å². The molecule has 3 nitrogen and oxygen atoms in total. The van der Waals surface area contributed by atoms with Gasteiger partial charge >= 0.3 is 5.97 Å². The van der Waals surface area contributed by atoms with E-state index in [2.05, 4.69) is 13.8 Å². The van der Waals surface area contributed by atoms with E-state index in [4.69, 9.17) is 9.47 Å². The normalized spacial score (nSPS) is 11.1. The fourth-order valence-corrected chi connectivity index (χ4v) is 4.72. The Kier molecular flexibility index (Phi) is 22.7. The van der Waals surface area contributed by atoms with Gasteiger partial charge in [0.25, 0.3) is 0 Å². The highest BCUT2D eigenvalue weighted by Crippen LogP contribution is 2.20. The summed E-state index contributed by atoms with van der Waals surface area (Å²) in [6.45, 7) is 5.68. The molecular formula is C33H58O3. The number of rotatable bonds is 26. The summed E-state index contributed by atoms with van der Waals surface area (Å²) in [5.41, 5.74) is 0.556. The maximum absolute atomic E-state index is 12.5. The predicted molar refractivity (Wildman–Crippen MR) is 155 cm³/mol. The van der Waals surface area contributed by atoms with E-state index < -0.39 is 0 Å². The quantitative estimate of drug-likeness (QED) is 0.0933. The first-order valence-electron chi connectivity index (χ1n) is 15.7. The third-order valence-electron chi connectivity index (χ3n) is 7.09. The van der Waals surface area contributed by atoms with Gasteiger partial charge in [-0.15, -0.1) is 0 Å². The van der Waals surface area contributed by atoms with Crippen LogP contribution >= 0.6 is 0 Å². The topological polar surface area (TPSA) is 35.5 Å². The summed E-state index contributed by atoms with van der Waals surface area (Å²) in [5.74, 6) is 0.400. The lowest BCUT2D eigenvalue weighted by Gasteiger charge is -2.11. The molecule has 0 N–H and O–H groups in total. The second kappa shape index (κ2) is 25.2. The molecule has 1 rings (SSSR count). The van der Waals surface area contributed by atoms with Gasteiger partial charge in [-0.3, -0.25) is 0 Å². The van der Waals surface area contributed by atoms with Crippen LogP contribution in [-0.4, -0.2) is 19.2 Å². The van der Waals surface area contributed by atoms with Gasteiger partial charge in [-0.2, -0.15) is 0 Å². The average molecular weight is 503 g/mol. The van der Waals surface area contributed by atoms with E-state index in [1.54, 1.807) is 0 Å². The van der Waals surface area contributed by atoms with Crippen LogP contribution < -0.4 is 4.74 Å². The Hall–Kier alpha value is -1.51. The highest BCUT2D eigenvalue weighted by molar-refractivity contribution is 5.92. The van der Waals surface area contributed by atoms with Crippen LogP contribution in [-0.2, 0) is 4.74 Å². The molecule has 0 unspecified atom stereocenters. The summed E-state index contributed by atoms with van der Waals surface area (Å²) in [6, 6.07) is 7.50. The molecule has 0 saturated heterocycles. The maximum Gasteiger partial charge on any atom is 0.341 e. The third kappa shape index (κ3) is 18.7. The second-order valence-electron chi connectivity index (χ2n) is 10.6. The molecule has 3 heteroatoms. The lowest BCUT2D eigenvalue weighted by Crippen LogP contribution is -2.09. The molecule has 0 bridgehead atoms. The van der Waals surface area contributed by atoms with Crippen LogP contribution in [0.25, 0.3) is 0 Å². The van der Waals surface area contributed by atoms with Crippen LogP contribution in [0.4, 0.5) is 0 Å². The Bertz CT molecular complexity index is 613. The van der Waals surface area contributed by atoms with Crippen LogP contribution in [0.2, 0.25) is 0 Å². The molecule has 0 amide bonds. The van der Waals surface area contributed by atoms with Crippen LogP contribution in [0.15, 0.2) is 24.3 Å². The molecule has 0 heterocycles. The van der Waals surface area contributed by atoms with Crippen molar-refractivity contribution in [2.24, 2.45) is 0 Å². The zero-order valence-corrected chi connectivity index (χ0v) is 24.0. The van der Waals surface area contributed by atoms with E-state index >= 15 is 0 Å².